The van der Waals surface area contributed by atoms with Gasteiger partial charge >= 0.3 is 29.8 Å². The molecule has 11 heteroatoms. The predicted octanol–water partition coefficient (Wildman–Crippen LogP) is 13.9. The molecule has 0 heterocycles. The summed E-state index contributed by atoms with van der Waals surface area (Å²) in [6, 6.07) is 0. The summed E-state index contributed by atoms with van der Waals surface area (Å²) in [6.07, 6.45) is 32.5. The summed E-state index contributed by atoms with van der Waals surface area (Å²) in [5.74, 6) is -1.96. The minimum Gasteiger partial charge on any atom is -0.466 e. The van der Waals surface area contributed by atoms with E-state index in [1.54, 1.807) is 0 Å². The smallest absolute Gasteiger partial charge is 0.347 e. The van der Waals surface area contributed by atoms with Gasteiger partial charge in [-0.1, -0.05) is 130 Å². The molecule has 0 aromatic carbocycles. The third-order valence-corrected chi connectivity index (χ3v) is 12.1. The molecular formula is C54H101NO10. The highest BCUT2D eigenvalue weighted by Crippen LogP contribution is 2.20. The summed E-state index contributed by atoms with van der Waals surface area (Å²) in [7, 11) is 3.94. The van der Waals surface area contributed by atoms with E-state index >= 15 is 0 Å². The Kier molecular flexibility index (Phi) is 44.5. The molecule has 3 atom stereocenters. The first-order valence-electron chi connectivity index (χ1n) is 27.1. The lowest BCUT2D eigenvalue weighted by molar-refractivity contribution is -0.169. The van der Waals surface area contributed by atoms with Crippen molar-refractivity contribution >= 4 is 29.8 Å². The van der Waals surface area contributed by atoms with Crippen LogP contribution in [0.25, 0.3) is 0 Å². The average Bonchev–Trinajstić information content (AvgIpc) is 3.28. The Morgan fingerprint density at radius 3 is 1.14 bits per heavy atom. The minimum absolute atomic E-state index is 0.000341. The van der Waals surface area contributed by atoms with E-state index in [0.29, 0.717) is 51.4 Å². The van der Waals surface area contributed by atoms with Crippen LogP contribution in [0.2, 0.25) is 0 Å². The fraction of sp³-hybridized carbons (Fsp3) is 0.907. The molecule has 0 radical (unpaired) electrons. The SMILES string of the molecule is CCCCCCCCC(CCCCCC)OC(=O)CCCCCOC(=O)CCC(OC(=O)CCCCN(C)C)C(=O)OCCCCCC(=O)OC(CCCCCC)CCCCCCCC. The fourth-order valence-electron chi connectivity index (χ4n) is 7.93. The molecule has 0 aromatic heterocycles. The van der Waals surface area contributed by atoms with Crippen LogP contribution in [-0.4, -0.2) is 86.9 Å². The number of esters is 5. The van der Waals surface area contributed by atoms with E-state index in [9.17, 15) is 24.0 Å². The van der Waals surface area contributed by atoms with Crippen LogP contribution in [0.15, 0.2) is 0 Å². The molecule has 0 spiro atoms. The Bertz CT molecular complexity index is 1150. The second-order valence-electron chi connectivity index (χ2n) is 18.8. The van der Waals surface area contributed by atoms with Crippen molar-refractivity contribution in [2.75, 3.05) is 33.9 Å². The van der Waals surface area contributed by atoms with E-state index in [-0.39, 0.29) is 56.6 Å². The molecule has 0 saturated carbocycles. The maximum absolute atomic E-state index is 13.1. The van der Waals surface area contributed by atoms with Gasteiger partial charge in [0.2, 0.25) is 0 Å². The van der Waals surface area contributed by atoms with E-state index < -0.39 is 24.0 Å². The quantitative estimate of drug-likeness (QED) is 0.0328. The molecular weight excluding hydrogens is 823 g/mol. The van der Waals surface area contributed by atoms with Crippen molar-refractivity contribution in [3.8, 4) is 0 Å². The molecule has 0 aliphatic carbocycles. The first kappa shape index (κ1) is 62.3. The molecule has 65 heavy (non-hydrogen) atoms. The van der Waals surface area contributed by atoms with Crippen molar-refractivity contribution < 1.29 is 47.7 Å². The van der Waals surface area contributed by atoms with Crippen molar-refractivity contribution in [2.24, 2.45) is 0 Å². The molecule has 0 aromatic rings. The Balaban J connectivity index is 4.78. The molecule has 0 fully saturated rings. The highest BCUT2D eigenvalue weighted by Gasteiger charge is 2.26. The third kappa shape index (κ3) is 42.4. The molecule has 0 rings (SSSR count). The molecule has 0 N–H and O–H groups in total. The van der Waals surface area contributed by atoms with Crippen LogP contribution in [0.5, 0.6) is 0 Å². The number of nitrogens with zero attached hydrogens (tertiary/aromatic N) is 1. The Morgan fingerprint density at radius 1 is 0.354 bits per heavy atom. The van der Waals surface area contributed by atoms with Crippen molar-refractivity contribution in [1.29, 1.82) is 0 Å². The van der Waals surface area contributed by atoms with Gasteiger partial charge in [0.05, 0.1) is 13.2 Å². The van der Waals surface area contributed by atoms with Crippen molar-refractivity contribution in [1.82, 2.24) is 4.90 Å². The molecule has 0 aliphatic heterocycles. The van der Waals surface area contributed by atoms with Gasteiger partial charge in [0.15, 0.2) is 6.10 Å². The Labute approximate surface area is 398 Å². The number of hydrogen-bond donors (Lipinski definition) is 0. The predicted molar refractivity (Wildman–Crippen MR) is 264 cm³/mol. The second-order valence-corrected chi connectivity index (χ2v) is 18.8. The molecule has 0 amide bonds. The maximum atomic E-state index is 13.1. The lowest BCUT2D eigenvalue weighted by Gasteiger charge is -2.18. The van der Waals surface area contributed by atoms with Gasteiger partial charge in [-0.15, -0.1) is 0 Å². The van der Waals surface area contributed by atoms with Gasteiger partial charge in [0.1, 0.15) is 12.2 Å². The van der Waals surface area contributed by atoms with Crippen molar-refractivity contribution in [3.63, 3.8) is 0 Å². The zero-order valence-corrected chi connectivity index (χ0v) is 43.0. The van der Waals surface area contributed by atoms with Gasteiger partial charge in [0, 0.05) is 32.1 Å². The van der Waals surface area contributed by atoms with E-state index in [1.807, 2.05) is 19.0 Å². The van der Waals surface area contributed by atoms with E-state index in [0.717, 1.165) is 70.8 Å². The van der Waals surface area contributed by atoms with Crippen LogP contribution in [0, 0.1) is 0 Å². The maximum Gasteiger partial charge on any atom is 0.347 e. The molecule has 3 unspecified atom stereocenters. The lowest BCUT2D eigenvalue weighted by Crippen LogP contribution is -2.30. The third-order valence-electron chi connectivity index (χ3n) is 12.1. The van der Waals surface area contributed by atoms with Crippen LogP contribution in [-0.2, 0) is 47.7 Å². The van der Waals surface area contributed by atoms with Crippen LogP contribution in [0.4, 0.5) is 0 Å². The summed E-state index contributed by atoms with van der Waals surface area (Å²) >= 11 is 0. The highest BCUT2D eigenvalue weighted by atomic mass is 16.6. The summed E-state index contributed by atoms with van der Waals surface area (Å²) in [5, 5.41) is 0. The number of carbonyl (C=O) groups is 5. The number of rotatable bonds is 48. The zero-order valence-electron chi connectivity index (χ0n) is 43.0. The standard InChI is InChI=1S/C54H101NO10/c1-7-11-15-19-21-27-37-47(35-25-17-13-9-3)63-51(57)39-29-23-33-45-61-50(56)43-42-49(65-53(59)41-31-32-44-55(5)6)54(60)62-46-34-24-30-40-52(58)64-48(36-26-18-14-10-4)38-28-22-20-16-12-8-2/h47-49H,7-46H2,1-6H3. The largest absolute Gasteiger partial charge is 0.466 e. The normalized spacial score (nSPS) is 12.7. The first-order valence-corrected chi connectivity index (χ1v) is 27.1. The molecule has 0 aliphatic rings. The van der Waals surface area contributed by atoms with E-state index in [4.69, 9.17) is 23.7 Å². The van der Waals surface area contributed by atoms with E-state index in [2.05, 4.69) is 27.7 Å². The number of unbranched alkanes of at least 4 members (excludes halogenated alkanes) is 21. The summed E-state index contributed by atoms with van der Waals surface area (Å²) in [6.45, 7) is 10.0. The number of hydrogen-bond acceptors (Lipinski definition) is 11. The van der Waals surface area contributed by atoms with Crippen molar-refractivity contribution in [2.45, 2.75) is 284 Å². The number of ether oxygens (including phenoxy) is 5. The summed E-state index contributed by atoms with van der Waals surface area (Å²) in [5.41, 5.74) is 0. The van der Waals surface area contributed by atoms with Gasteiger partial charge in [0.25, 0.3) is 0 Å². The molecule has 382 valence electrons. The van der Waals surface area contributed by atoms with Crippen LogP contribution >= 0.6 is 0 Å². The van der Waals surface area contributed by atoms with Gasteiger partial charge < -0.3 is 28.6 Å². The molecule has 11 nitrogen and oxygen atoms in total. The topological polar surface area (TPSA) is 135 Å². The van der Waals surface area contributed by atoms with Crippen LogP contribution in [0.1, 0.15) is 265 Å². The monoisotopic (exact) mass is 924 g/mol. The highest BCUT2D eigenvalue weighted by molar-refractivity contribution is 5.80. The van der Waals surface area contributed by atoms with Crippen LogP contribution < -0.4 is 0 Å². The second kappa shape index (κ2) is 46.4. The lowest BCUT2D eigenvalue weighted by atomic mass is 10.0. The van der Waals surface area contributed by atoms with Gasteiger partial charge in [-0.05, 0) is 123 Å². The Morgan fingerprint density at radius 2 is 0.708 bits per heavy atom. The van der Waals surface area contributed by atoms with Crippen LogP contribution in [0.3, 0.4) is 0 Å². The summed E-state index contributed by atoms with van der Waals surface area (Å²) in [4.78, 5) is 66.0. The van der Waals surface area contributed by atoms with Crippen molar-refractivity contribution in [3.05, 3.63) is 0 Å². The fourth-order valence-corrected chi connectivity index (χ4v) is 7.93. The van der Waals surface area contributed by atoms with Gasteiger partial charge in [-0.25, -0.2) is 4.79 Å². The average molecular weight is 924 g/mol. The minimum atomic E-state index is -1.21. The van der Waals surface area contributed by atoms with E-state index in [1.165, 1.54) is 103 Å². The summed E-state index contributed by atoms with van der Waals surface area (Å²) < 4.78 is 28.4. The first-order chi connectivity index (χ1) is 31.6. The number of carbonyl (C=O) groups excluding carboxylic acids is 5. The molecule has 0 bridgehead atoms. The Hall–Kier alpha value is -2.69. The molecule has 0 saturated heterocycles. The zero-order chi connectivity index (χ0) is 48.0. The van der Waals surface area contributed by atoms with Gasteiger partial charge in [-0.3, -0.25) is 19.2 Å². The van der Waals surface area contributed by atoms with Gasteiger partial charge in [-0.2, -0.15) is 0 Å².